The molecule has 0 saturated heterocycles. The Morgan fingerprint density at radius 1 is 0.553 bits per heavy atom. The second-order valence-electron chi connectivity index (χ2n) is 14.0. The van der Waals surface area contributed by atoms with Gasteiger partial charge in [0.25, 0.3) is 0 Å². The van der Waals surface area contributed by atoms with E-state index in [0.29, 0.717) is 0 Å². The average Bonchev–Trinajstić information content (AvgIpc) is 3.24. The van der Waals surface area contributed by atoms with Crippen molar-refractivity contribution >= 4 is 21.8 Å². The summed E-state index contributed by atoms with van der Waals surface area (Å²) in [5, 5.41) is 2.67. The molecule has 0 unspecified atom stereocenters. The van der Waals surface area contributed by atoms with Crippen LogP contribution in [0.15, 0.2) is 84.9 Å². The van der Waals surface area contributed by atoms with Gasteiger partial charge in [0.2, 0.25) is 0 Å². The topological polar surface area (TPSA) is 4.93 Å². The quantitative estimate of drug-likeness (QED) is 0.228. The van der Waals surface area contributed by atoms with E-state index < -0.39 is 0 Å². The van der Waals surface area contributed by atoms with E-state index in [0.717, 1.165) is 0 Å². The first-order chi connectivity index (χ1) is 17.7. The summed E-state index contributed by atoms with van der Waals surface area (Å²) in [6.45, 7) is 21.5. The zero-order chi connectivity index (χ0) is 27.3. The molecule has 0 spiro atoms. The molecule has 0 fully saturated rings. The number of hydrogen-bond donors (Lipinski definition) is 0. The maximum absolute atomic E-state index is 2.53. The molecule has 194 valence electrons. The highest BCUT2D eigenvalue weighted by Gasteiger charge is 2.56. The number of hydrogen-bond acceptors (Lipinski definition) is 0. The first-order valence-electron chi connectivity index (χ1n) is 14.0. The van der Waals surface area contributed by atoms with Gasteiger partial charge in [0.15, 0.2) is 0 Å². The average molecular weight is 500 g/mol. The molecule has 1 aliphatic rings. The van der Waals surface area contributed by atoms with Gasteiger partial charge in [-0.2, -0.15) is 0 Å². The van der Waals surface area contributed by atoms with Crippen molar-refractivity contribution in [2.75, 3.05) is 0 Å². The van der Waals surface area contributed by atoms with Crippen LogP contribution in [0.2, 0.25) is 0 Å². The molecule has 0 atom stereocenters. The molecular weight excluding hydrogens is 458 g/mol. The Morgan fingerprint density at radius 3 is 1.74 bits per heavy atom. The van der Waals surface area contributed by atoms with Crippen LogP contribution in [0.4, 0.5) is 0 Å². The van der Waals surface area contributed by atoms with Crippen molar-refractivity contribution in [3.8, 4) is 16.8 Å². The van der Waals surface area contributed by atoms with Crippen LogP contribution in [0.3, 0.4) is 0 Å². The Morgan fingerprint density at radius 2 is 1.13 bits per heavy atom. The van der Waals surface area contributed by atoms with Crippen LogP contribution in [0.5, 0.6) is 0 Å². The molecule has 6 rings (SSSR count). The van der Waals surface area contributed by atoms with Crippen LogP contribution in [0, 0.1) is 5.41 Å². The number of fused-ring (bicyclic) bond motifs is 4. The van der Waals surface area contributed by atoms with Crippen LogP contribution >= 0.6 is 0 Å². The van der Waals surface area contributed by atoms with E-state index in [-0.39, 0.29) is 21.7 Å². The molecule has 1 nitrogen and oxygen atoms in total. The fraction of sp³-hybridized carbons (Fsp3) is 0.351. The summed E-state index contributed by atoms with van der Waals surface area (Å²) in [5.74, 6) is 0. The highest BCUT2D eigenvalue weighted by atomic mass is 15.0. The van der Waals surface area contributed by atoms with Crippen LogP contribution in [-0.2, 0) is 16.2 Å². The van der Waals surface area contributed by atoms with Gasteiger partial charge in [-0.1, -0.05) is 111 Å². The Balaban J connectivity index is 1.70. The lowest BCUT2D eigenvalue weighted by molar-refractivity contribution is 0.125. The van der Waals surface area contributed by atoms with E-state index in [4.69, 9.17) is 0 Å². The summed E-state index contributed by atoms with van der Waals surface area (Å²) < 4.78 is 2.49. The zero-order valence-corrected chi connectivity index (χ0v) is 24.5. The van der Waals surface area contributed by atoms with E-state index in [9.17, 15) is 0 Å². The fourth-order valence-corrected chi connectivity index (χ4v) is 6.75. The number of rotatable bonds is 2. The van der Waals surface area contributed by atoms with E-state index in [2.05, 4.69) is 152 Å². The largest absolute Gasteiger partial charge is 0.309 e. The second-order valence-corrected chi connectivity index (χ2v) is 14.0. The summed E-state index contributed by atoms with van der Waals surface area (Å²) in [6, 6.07) is 32.0. The lowest BCUT2D eigenvalue weighted by Crippen LogP contribution is -2.42. The van der Waals surface area contributed by atoms with Crippen LogP contribution < -0.4 is 0 Å². The molecule has 1 aliphatic carbocycles. The van der Waals surface area contributed by atoms with Gasteiger partial charge < -0.3 is 4.57 Å². The van der Waals surface area contributed by atoms with E-state index >= 15 is 0 Å². The van der Waals surface area contributed by atoms with Crippen molar-refractivity contribution in [3.63, 3.8) is 0 Å². The molecule has 0 radical (unpaired) electrons. The summed E-state index contributed by atoms with van der Waals surface area (Å²) in [4.78, 5) is 0. The molecule has 5 aromatic rings. The lowest BCUT2D eigenvalue weighted by atomic mass is 9.59. The second kappa shape index (κ2) is 7.85. The summed E-state index contributed by atoms with van der Waals surface area (Å²) in [5.41, 5.74) is 11.0. The fourth-order valence-electron chi connectivity index (χ4n) is 6.75. The van der Waals surface area contributed by atoms with Crippen molar-refractivity contribution in [1.82, 2.24) is 4.57 Å². The van der Waals surface area contributed by atoms with E-state index in [1.165, 1.54) is 55.3 Å². The van der Waals surface area contributed by atoms with Gasteiger partial charge in [0.1, 0.15) is 0 Å². The minimum Gasteiger partial charge on any atom is -0.309 e. The molecular formula is C37H41N. The van der Waals surface area contributed by atoms with Gasteiger partial charge >= 0.3 is 0 Å². The lowest BCUT2D eigenvalue weighted by Gasteiger charge is -2.44. The molecule has 1 aromatic heterocycles. The third-order valence-electron chi connectivity index (χ3n) is 10.5. The number of benzene rings is 4. The minimum atomic E-state index is 0.0621. The molecule has 0 amide bonds. The van der Waals surface area contributed by atoms with Crippen LogP contribution in [0.25, 0.3) is 38.6 Å². The van der Waals surface area contributed by atoms with E-state index in [1.54, 1.807) is 0 Å². The highest BCUT2D eigenvalue weighted by Crippen LogP contribution is 2.62. The normalized spacial score (nSPS) is 17.7. The predicted molar refractivity (Wildman–Crippen MR) is 165 cm³/mol. The van der Waals surface area contributed by atoms with Gasteiger partial charge in [0.05, 0.1) is 11.0 Å². The van der Waals surface area contributed by atoms with Gasteiger partial charge in [-0.15, -0.1) is 0 Å². The predicted octanol–water partition coefficient (Wildman–Crippen LogP) is 10.3. The standard InChI is InChI=1S/C37H41N/c1-34(2,3)26-16-18-27(19-17-26)38-32-20-15-25(24-13-11-10-12-14-24)21-28(32)29-22-30-31(23-33(29)38)36(6,7)37(8,9)35(30,4)5/h10-23H,1-9H3. The van der Waals surface area contributed by atoms with Crippen molar-refractivity contribution in [1.29, 1.82) is 0 Å². The minimum absolute atomic E-state index is 0.0621. The third kappa shape index (κ3) is 3.30. The van der Waals surface area contributed by atoms with Crippen LogP contribution in [-0.4, -0.2) is 4.57 Å². The van der Waals surface area contributed by atoms with Gasteiger partial charge in [-0.25, -0.2) is 0 Å². The van der Waals surface area contributed by atoms with Crippen LogP contribution in [0.1, 0.15) is 79.0 Å². The van der Waals surface area contributed by atoms with Crippen molar-refractivity contribution < 1.29 is 0 Å². The van der Waals surface area contributed by atoms with Crippen molar-refractivity contribution in [2.45, 2.75) is 78.6 Å². The smallest absolute Gasteiger partial charge is 0.0544 e. The Labute approximate surface area is 228 Å². The summed E-state index contributed by atoms with van der Waals surface area (Å²) in [6.07, 6.45) is 0. The van der Waals surface area contributed by atoms with Crippen molar-refractivity contribution in [3.05, 3.63) is 102 Å². The number of aromatic nitrogens is 1. The number of nitrogens with zero attached hydrogens (tertiary/aromatic N) is 1. The summed E-state index contributed by atoms with van der Waals surface area (Å²) >= 11 is 0. The van der Waals surface area contributed by atoms with Gasteiger partial charge in [0, 0.05) is 16.5 Å². The van der Waals surface area contributed by atoms with Crippen molar-refractivity contribution in [2.24, 2.45) is 5.41 Å². The maximum atomic E-state index is 2.53. The first-order valence-corrected chi connectivity index (χ1v) is 14.0. The molecule has 1 heteroatoms. The van der Waals surface area contributed by atoms with Gasteiger partial charge in [-0.05, 0) is 85.9 Å². The molecule has 0 N–H and O–H groups in total. The Hall–Kier alpha value is -3.32. The Kier molecular flexibility index (Phi) is 5.16. The molecule has 0 saturated carbocycles. The molecule has 4 aromatic carbocycles. The highest BCUT2D eigenvalue weighted by molar-refractivity contribution is 6.11. The molecule has 0 bridgehead atoms. The molecule has 38 heavy (non-hydrogen) atoms. The monoisotopic (exact) mass is 499 g/mol. The summed E-state index contributed by atoms with van der Waals surface area (Å²) in [7, 11) is 0. The maximum Gasteiger partial charge on any atom is 0.0544 e. The molecule has 1 heterocycles. The first kappa shape index (κ1) is 25.0. The third-order valence-corrected chi connectivity index (χ3v) is 10.5. The zero-order valence-electron chi connectivity index (χ0n) is 24.5. The van der Waals surface area contributed by atoms with Gasteiger partial charge in [-0.3, -0.25) is 0 Å². The SMILES string of the molecule is CC(C)(C)c1ccc(-n2c3ccc(-c4ccccc4)cc3c3cc4c(cc32)C(C)(C)C(C)(C)C4(C)C)cc1. The Bertz CT molecular complexity index is 1680. The molecule has 0 aliphatic heterocycles. The van der Waals surface area contributed by atoms with E-state index in [1.807, 2.05) is 0 Å².